The molecule has 0 saturated heterocycles. The first-order valence-corrected chi connectivity index (χ1v) is 8.37. The molecule has 2 N–H and O–H groups in total. The van der Waals surface area contributed by atoms with E-state index in [1.807, 2.05) is 4.57 Å². The van der Waals surface area contributed by atoms with Crippen LogP contribution in [-0.4, -0.2) is 51.3 Å². The molecule has 1 aromatic rings. The van der Waals surface area contributed by atoms with Crippen LogP contribution in [0.2, 0.25) is 0 Å². The first kappa shape index (κ1) is 15.4. The normalized spacial score (nSPS) is 15.2. The summed E-state index contributed by atoms with van der Waals surface area (Å²) in [5, 5.41) is 3.21. The molecular weight excluding hydrogens is 280 g/mol. The summed E-state index contributed by atoms with van der Waals surface area (Å²) < 4.78 is 33.6. The van der Waals surface area contributed by atoms with E-state index in [0.717, 1.165) is 31.6 Å². The Morgan fingerprint density at radius 3 is 2.95 bits per heavy atom. The highest BCUT2D eigenvalue weighted by Gasteiger charge is 2.21. The highest BCUT2D eigenvalue weighted by molar-refractivity contribution is 7.89. The SMILES string of the molecule is COCCNCCNS(=O)(=O)c1cn2c(n1)CCCC2. The van der Waals surface area contributed by atoms with Crippen molar-refractivity contribution in [2.24, 2.45) is 0 Å². The van der Waals surface area contributed by atoms with Gasteiger partial charge >= 0.3 is 0 Å². The second-order valence-electron chi connectivity index (χ2n) is 4.79. The summed E-state index contributed by atoms with van der Waals surface area (Å²) >= 11 is 0. The lowest BCUT2D eigenvalue weighted by atomic mass is 10.2. The number of nitrogens with zero attached hydrogens (tertiary/aromatic N) is 2. The molecule has 0 atom stereocenters. The second kappa shape index (κ2) is 7.16. The number of nitrogens with one attached hydrogen (secondary N) is 2. The van der Waals surface area contributed by atoms with Crippen molar-refractivity contribution in [2.45, 2.75) is 30.8 Å². The lowest BCUT2D eigenvalue weighted by Crippen LogP contribution is -2.33. The Labute approximate surface area is 119 Å². The fourth-order valence-corrected chi connectivity index (χ4v) is 3.17. The molecule has 7 nitrogen and oxygen atoms in total. The fourth-order valence-electron chi connectivity index (χ4n) is 2.16. The van der Waals surface area contributed by atoms with E-state index in [-0.39, 0.29) is 5.03 Å². The van der Waals surface area contributed by atoms with Crippen molar-refractivity contribution in [3.8, 4) is 0 Å². The van der Waals surface area contributed by atoms with Crippen molar-refractivity contribution in [2.75, 3.05) is 33.4 Å². The average Bonchev–Trinajstić information content (AvgIpc) is 2.87. The molecule has 20 heavy (non-hydrogen) atoms. The molecule has 1 aliphatic rings. The van der Waals surface area contributed by atoms with Gasteiger partial charge in [0.25, 0.3) is 10.0 Å². The van der Waals surface area contributed by atoms with Gasteiger partial charge < -0.3 is 14.6 Å². The van der Waals surface area contributed by atoms with Gasteiger partial charge in [-0.1, -0.05) is 0 Å². The molecule has 0 saturated carbocycles. The van der Waals surface area contributed by atoms with E-state index >= 15 is 0 Å². The van der Waals surface area contributed by atoms with E-state index in [1.165, 1.54) is 0 Å². The summed E-state index contributed by atoms with van der Waals surface area (Å²) in [6.07, 6.45) is 4.65. The highest BCUT2D eigenvalue weighted by Crippen LogP contribution is 2.16. The van der Waals surface area contributed by atoms with Gasteiger partial charge in [-0.15, -0.1) is 0 Å². The summed E-state index contributed by atoms with van der Waals surface area (Å²) in [6.45, 7) is 3.08. The maximum Gasteiger partial charge on any atom is 0.259 e. The summed E-state index contributed by atoms with van der Waals surface area (Å²) in [5.41, 5.74) is 0. The quantitative estimate of drug-likeness (QED) is 0.646. The third kappa shape index (κ3) is 4.02. The van der Waals surface area contributed by atoms with Crippen LogP contribution in [-0.2, 0) is 27.7 Å². The van der Waals surface area contributed by atoms with Crippen LogP contribution < -0.4 is 10.0 Å². The van der Waals surface area contributed by atoms with Crippen molar-refractivity contribution in [1.29, 1.82) is 0 Å². The van der Waals surface area contributed by atoms with Crippen LogP contribution in [0.25, 0.3) is 0 Å². The van der Waals surface area contributed by atoms with Gasteiger partial charge in [-0.3, -0.25) is 0 Å². The van der Waals surface area contributed by atoms with Crippen LogP contribution in [0, 0.1) is 0 Å². The Kier molecular flexibility index (Phi) is 5.53. The maximum atomic E-state index is 12.1. The standard InChI is InChI=1S/C12H22N4O3S/c1-19-9-7-13-5-6-14-20(17,18)12-10-16-8-3-2-4-11(16)15-12/h10,13-14H,2-9H2,1H3. The number of imidazole rings is 1. The average molecular weight is 302 g/mol. The largest absolute Gasteiger partial charge is 0.383 e. The van der Waals surface area contributed by atoms with Crippen LogP contribution in [0.3, 0.4) is 0 Å². The number of sulfonamides is 1. The lowest BCUT2D eigenvalue weighted by molar-refractivity contribution is 0.199. The molecule has 0 bridgehead atoms. The Bertz CT molecular complexity index is 503. The zero-order chi connectivity index (χ0) is 14.4. The number of ether oxygens (including phenoxy) is 1. The van der Waals surface area contributed by atoms with Gasteiger partial charge in [0.1, 0.15) is 5.82 Å². The van der Waals surface area contributed by atoms with Crippen LogP contribution in [0.5, 0.6) is 0 Å². The molecule has 1 aromatic heterocycles. The van der Waals surface area contributed by atoms with Crippen LogP contribution in [0.4, 0.5) is 0 Å². The first-order valence-electron chi connectivity index (χ1n) is 6.89. The van der Waals surface area contributed by atoms with Crippen LogP contribution in [0.15, 0.2) is 11.2 Å². The summed E-state index contributed by atoms with van der Waals surface area (Å²) in [7, 11) is -1.87. The fraction of sp³-hybridized carbons (Fsp3) is 0.750. The van der Waals surface area contributed by atoms with Crippen molar-refractivity contribution in [3.63, 3.8) is 0 Å². The minimum absolute atomic E-state index is 0.131. The van der Waals surface area contributed by atoms with E-state index in [1.54, 1.807) is 13.3 Å². The number of hydrogen-bond donors (Lipinski definition) is 2. The van der Waals surface area contributed by atoms with Gasteiger partial charge in [0, 0.05) is 45.9 Å². The third-order valence-electron chi connectivity index (χ3n) is 3.24. The minimum Gasteiger partial charge on any atom is -0.383 e. The summed E-state index contributed by atoms with van der Waals surface area (Å²) in [6, 6.07) is 0. The molecule has 8 heteroatoms. The Morgan fingerprint density at radius 2 is 2.20 bits per heavy atom. The van der Waals surface area contributed by atoms with Gasteiger partial charge in [-0.2, -0.15) is 0 Å². The lowest BCUT2D eigenvalue weighted by Gasteiger charge is -2.11. The van der Waals surface area contributed by atoms with E-state index in [4.69, 9.17) is 4.74 Å². The van der Waals surface area contributed by atoms with E-state index < -0.39 is 10.0 Å². The topological polar surface area (TPSA) is 85.3 Å². The molecule has 0 spiro atoms. The third-order valence-corrected chi connectivity index (χ3v) is 4.57. The zero-order valence-electron chi connectivity index (χ0n) is 11.8. The van der Waals surface area contributed by atoms with E-state index in [2.05, 4.69) is 15.0 Å². The molecule has 0 fully saturated rings. The zero-order valence-corrected chi connectivity index (χ0v) is 12.6. The maximum absolute atomic E-state index is 12.1. The number of fused-ring (bicyclic) bond motifs is 1. The van der Waals surface area contributed by atoms with Gasteiger partial charge in [-0.05, 0) is 12.8 Å². The smallest absolute Gasteiger partial charge is 0.259 e. The number of hydrogen-bond acceptors (Lipinski definition) is 5. The van der Waals surface area contributed by atoms with Gasteiger partial charge in [0.05, 0.1) is 6.61 Å². The molecular formula is C12H22N4O3S. The summed E-state index contributed by atoms with van der Waals surface area (Å²) in [5.74, 6) is 0.870. The summed E-state index contributed by atoms with van der Waals surface area (Å²) in [4.78, 5) is 4.22. The molecule has 0 unspecified atom stereocenters. The molecule has 114 valence electrons. The van der Waals surface area contributed by atoms with Crippen LogP contribution >= 0.6 is 0 Å². The molecule has 0 aromatic carbocycles. The number of methoxy groups -OCH3 is 1. The molecule has 0 amide bonds. The number of rotatable bonds is 8. The van der Waals surface area contributed by atoms with Gasteiger partial charge in [0.2, 0.25) is 0 Å². The van der Waals surface area contributed by atoms with E-state index in [0.29, 0.717) is 26.2 Å². The van der Waals surface area contributed by atoms with Crippen molar-refractivity contribution in [3.05, 3.63) is 12.0 Å². The van der Waals surface area contributed by atoms with Crippen molar-refractivity contribution >= 4 is 10.0 Å². The monoisotopic (exact) mass is 302 g/mol. The van der Waals surface area contributed by atoms with Crippen molar-refractivity contribution < 1.29 is 13.2 Å². The molecule has 1 aliphatic heterocycles. The Morgan fingerprint density at radius 1 is 1.35 bits per heavy atom. The van der Waals surface area contributed by atoms with Gasteiger partial charge in [-0.25, -0.2) is 18.1 Å². The van der Waals surface area contributed by atoms with Crippen LogP contribution in [0.1, 0.15) is 18.7 Å². The number of aryl methyl sites for hydroxylation is 2. The Balaban J connectivity index is 1.85. The first-order chi connectivity index (χ1) is 9.63. The Hall–Kier alpha value is -0.960. The second-order valence-corrected chi connectivity index (χ2v) is 6.50. The molecule has 0 aliphatic carbocycles. The molecule has 2 heterocycles. The van der Waals surface area contributed by atoms with Gasteiger partial charge in [0.15, 0.2) is 5.03 Å². The minimum atomic E-state index is -3.50. The van der Waals surface area contributed by atoms with E-state index in [9.17, 15) is 8.42 Å². The number of aromatic nitrogens is 2. The molecule has 0 radical (unpaired) electrons. The predicted octanol–water partition coefficient (Wildman–Crippen LogP) is -0.266. The predicted molar refractivity (Wildman–Crippen MR) is 75.1 cm³/mol. The highest BCUT2D eigenvalue weighted by atomic mass is 32.2. The molecule has 2 rings (SSSR count). The van der Waals surface area contributed by atoms with Crippen molar-refractivity contribution in [1.82, 2.24) is 19.6 Å².